The fourth-order valence-electron chi connectivity index (χ4n) is 2.20. The first-order chi connectivity index (χ1) is 8.74. The maximum Gasteiger partial charge on any atom is 0.324 e. The lowest BCUT2D eigenvalue weighted by molar-refractivity contribution is -0.145. The smallest absolute Gasteiger partial charge is 0.324 e. The normalized spacial score (nSPS) is 14.9. The molecule has 0 amide bonds. The third-order valence-corrected chi connectivity index (χ3v) is 3.00. The van der Waals surface area contributed by atoms with E-state index in [2.05, 4.69) is 10.3 Å². The molecule has 1 heterocycles. The van der Waals surface area contributed by atoms with Crippen molar-refractivity contribution >= 4 is 5.97 Å². The first-order valence-electron chi connectivity index (χ1n) is 6.40. The molecule has 0 aromatic carbocycles. The summed E-state index contributed by atoms with van der Waals surface area (Å²) in [6.07, 6.45) is 3.62. The summed E-state index contributed by atoms with van der Waals surface area (Å²) >= 11 is 0. The van der Waals surface area contributed by atoms with Crippen LogP contribution >= 0.6 is 0 Å². The van der Waals surface area contributed by atoms with Crippen molar-refractivity contribution in [3.05, 3.63) is 18.2 Å². The Morgan fingerprint density at radius 2 is 2.26 bits per heavy atom. The van der Waals surface area contributed by atoms with E-state index in [4.69, 9.17) is 0 Å². The predicted molar refractivity (Wildman–Crippen MR) is 73.9 cm³/mol. The first-order valence-corrected chi connectivity index (χ1v) is 6.40. The van der Waals surface area contributed by atoms with Gasteiger partial charge in [0.05, 0.1) is 6.54 Å². The van der Waals surface area contributed by atoms with Gasteiger partial charge in [-0.2, -0.15) is 0 Å². The molecule has 1 atom stereocenters. The van der Waals surface area contributed by atoms with Crippen LogP contribution in [-0.2, 0) is 18.4 Å². The van der Waals surface area contributed by atoms with Gasteiger partial charge in [0.2, 0.25) is 0 Å². The Bertz CT molecular complexity index is 430. The summed E-state index contributed by atoms with van der Waals surface area (Å²) < 4.78 is 1.94. The molecule has 0 aliphatic carbocycles. The third kappa shape index (κ3) is 4.33. The van der Waals surface area contributed by atoms with Crippen LogP contribution < -0.4 is 5.32 Å². The van der Waals surface area contributed by atoms with Gasteiger partial charge in [-0.1, -0.05) is 0 Å². The number of aliphatic carboxylic acids is 1. The molecule has 0 saturated heterocycles. The van der Waals surface area contributed by atoms with Crippen LogP contribution in [0.1, 0.15) is 26.6 Å². The SMILES string of the molecule is CC(C)NC(C)(CN(C)Cc1nccn1C)C(=O)O. The quantitative estimate of drug-likeness (QED) is 0.761. The highest BCUT2D eigenvalue weighted by Gasteiger charge is 2.34. The van der Waals surface area contributed by atoms with Crippen LogP contribution in [0, 0.1) is 0 Å². The van der Waals surface area contributed by atoms with E-state index in [0.29, 0.717) is 13.1 Å². The fraction of sp³-hybridized carbons (Fsp3) is 0.692. The van der Waals surface area contributed by atoms with Crippen LogP contribution in [0.5, 0.6) is 0 Å². The number of nitrogens with zero attached hydrogens (tertiary/aromatic N) is 3. The Morgan fingerprint density at radius 3 is 2.68 bits per heavy atom. The molecule has 0 saturated carbocycles. The molecule has 0 aliphatic rings. The van der Waals surface area contributed by atoms with E-state index in [0.717, 1.165) is 5.82 Å². The predicted octanol–water partition coefficient (Wildman–Crippen LogP) is 0.693. The summed E-state index contributed by atoms with van der Waals surface area (Å²) in [4.78, 5) is 17.7. The van der Waals surface area contributed by atoms with Crippen molar-refractivity contribution in [1.82, 2.24) is 19.8 Å². The fourth-order valence-corrected chi connectivity index (χ4v) is 2.20. The van der Waals surface area contributed by atoms with E-state index in [-0.39, 0.29) is 6.04 Å². The molecule has 0 bridgehead atoms. The summed E-state index contributed by atoms with van der Waals surface area (Å²) in [6.45, 7) is 6.63. The second kappa shape index (κ2) is 6.16. The van der Waals surface area contributed by atoms with Gasteiger partial charge in [-0.25, -0.2) is 4.98 Å². The molecule has 6 heteroatoms. The van der Waals surface area contributed by atoms with Gasteiger partial charge in [0, 0.05) is 32.0 Å². The monoisotopic (exact) mass is 268 g/mol. The van der Waals surface area contributed by atoms with E-state index in [9.17, 15) is 9.90 Å². The van der Waals surface area contributed by atoms with E-state index in [1.54, 1.807) is 13.1 Å². The van der Waals surface area contributed by atoms with Gasteiger partial charge in [-0.3, -0.25) is 15.0 Å². The molecular weight excluding hydrogens is 244 g/mol. The summed E-state index contributed by atoms with van der Waals surface area (Å²) in [5.41, 5.74) is -0.964. The third-order valence-electron chi connectivity index (χ3n) is 3.00. The number of imidazole rings is 1. The van der Waals surface area contributed by atoms with Gasteiger partial charge in [-0.15, -0.1) is 0 Å². The molecule has 19 heavy (non-hydrogen) atoms. The second-order valence-corrected chi connectivity index (χ2v) is 5.56. The van der Waals surface area contributed by atoms with E-state index in [1.807, 2.05) is 43.6 Å². The number of hydrogen-bond donors (Lipinski definition) is 2. The Hall–Kier alpha value is -1.40. The zero-order valence-corrected chi connectivity index (χ0v) is 12.3. The van der Waals surface area contributed by atoms with Gasteiger partial charge >= 0.3 is 5.97 Å². The Kier molecular flexibility index (Phi) is 5.08. The summed E-state index contributed by atoms with van der Waals surface area (Å²) in [7, 11) is 3.83. The topological polar surface area (TPSA) is 70.4 Å². The van der Waals surface area contributed by atoms with Gasteiger partial charge < -0.3 is 9.67 Å². The van der Waals surface area contributed by atoms with E-state index >= 15 is 0 Å². The maximum atomic E-state index is 11.5. The van der Waals surface area contributed by atoms with Crippen molar-refractivity contribution in [2.75, 3.05) is 13.6 Å². The molecule has 1 aromatic rings. The van der Waals surface area contributed by atoms with Crippen LogP contribution in [0.25, 0.3) is 0 Å². The van der Waals surface area contributed by atoms with Crippen LogP contribution in [0.4, 0.5) is 0 Å². The standard InChI is InChI=1S/C13H24N4O2/c1-10(2)15-13(3,12(18)19)9-16(4)8-11-14-6-7-17(11)5/h6-7,10,15H,8-9H2,1-5H3,(H,18,19). The molecule has 0 spiro atoms. The van der Waals surface area contributed by atoms with Crippen molar-refractivity contribution in [1.29, 1.82) is 0 Å². The minimum Gasteiger partial charge on any atom is -0.480 e. The highest BCUT2D eigenvalue weighted by Crippen LogP contribution is 2.10. The number of likely N-dealkylation sites (N-methyl/N-ethyl adjacent to an activating group) is 1. The number of carboxylic acids is 1. The number of aromatic nitrogens is 2. The highest BCUT2D eigenvalue weighted by atomic mass is 16.4. The molecule has 0 fully saturated rings. The molecule has 0 radical (unpaired) electrons. The lowest BCUT2D eigenvalue weighted by atomic mass is 10.0. The average molecular weight is 268 g/mol. The van der Waals surface area contributed by atoms with Crippen molar-refractivity contribution < 1.29 is 9.90 Å². The van der Waals surface area contributed by atoms with Crippen LogP contribution in [0.2, 0.25) is 0 Å². The van der Waals surface area contributed by atoms with Crippen LogP contribution in [-0.4, -0.2) is 50.7 Å². The number of aryl methyl sites for hydroxylation is 1. The van der Waals surface area contributed by atoms with Gasteiger partial charge in [0.15, 0.2) is 0 Å². The lowest BCUT2D eigenvalue weighted by Gasteiger charge is -2.32. The molecule has 0 aliphatic heterocycles. The number of carboxylic acid groups (broad SMARTS) is 1. The highest BCUT2D eigenvalue weighted by molar-refractivity contribution is 5.78. The number of carbonyl (C=O) groups is 1. The zero-order chi connectivity index (χ0) is 14.6. The number of rotatable bonds is 7. The molecular formula is C13H24N4O2. The van der Waals surface area contributed by atoms with Gasteiger partial charge in [0.25, 0.3) is 0 Å². The Morgan fingerprint density at radius 1 is 1.63 bits per heavy atom. The molecule has 1 aromatic heterocycles. The summed E-state index contributed by atoms with van der Waals surface area (Å²) in [6, 6.07) is 0.114. The van der Waals surface area contributed by atoms with Crippen molar-refractivity contribution in [3.63, 3.8) is 0 Å². The second-order valence-electron chi connectivity index (χ2n) is 5.56. The van der Waals surface area contributed by atoms with Gasteiger partial charge in [0.1, 0.15) is 11.4 Å². The van der Waals surface area contributed by atoms with E-state index in [1.165, 1.54) is 0 Å². The largest absolute Gasteiger partial charge is 0.480 e. The minimum absolute atomic E-state index is 0.114. The van der Waals surface area contributed by atoms with Crippen molar-refractivity contribution in [3.8, 4) is 0 Å². The zero-order valence-electron chi connectivity index (χ0n) is 12.3. The molecule has 108 valence electrons. The molecule has 1 rings (SSSR count). The Balaban J connectivity index is 2.69. The van der Waals surface area contributed by atoms with Crippen LogP contribution in [0.15, 0.2) is 12.4 Å². The minimum atomic E-state index is -0.964. The first kappa shape index (κ1) is 15.7. The number of hydrogen-bond acceptors (Lipinski definition) is 4. The average Bonchev–Trinajstić information content (AvgIpc) is 2.62. The van der Waals surface area contributed by atoms with Crippen molar-refractivity contribution in [2.24, 2.45) is 7.05 Å². The Labute approximate surface area is 114 Å². The summed E-state index contributed by atoms with van der Waals surface area (Å²) in [5, 5.41) is 12.5. The van der Waals surface area contributed by atoms with Crippen molar-refractivity contribution in [2.45, 2.75) is 38.9 Å². The number of nitrogens with one attached hydrogen (secondary N) is 1. The molecule has 6 nitrogen and oxygen atoms in total. The lowest BCUT2D eigenvalue weighted by Crippen LogP contribution is -2.58. The van der Waals surface area contributed by atoms with E-state index < -0.39 is 11.5 Å². The molecule has 2 N–H and O–H groups in total. The van der Waals surface area contributed by atoms with Gasteiger partial charge in [-0.05, 0) is 27.8 Å². The maximum absolute atomic E-state index is 11.5. The molecule has 1 unspecified atom stereocenters. The van der Waals surface area contributed by atoms with Crippen LogP contribution in [0.3, 0.4) is 0 Å². The summed E-state index contributed by atoms with van der Waals surface area (Å²) in [5.74, 6) is 0.0766.